The SMILES string of the molecule is CCC[C@H](C)Oc1nc(N(Cc2ccc(OC)cc2OC)Cc2ccc(OC)cc2OC)c2ncc(C(O)C34CC(NC(=O)OC(C)(C)C)(C3)C4)n2n1. The maximum absolute atomic E-state index is 12.6. The zero-order valence-corrected chi connectivity index (χ0v) is 32.2. The summed E-state index contributed by atoms with van der Waals surface area (Å²) >= 11 is 0. The fourth-order valence-corrected chi connectivity index (χ4v) is 7.66. The van der Waals surface area contributed by atoms with Crippen LogP contribution in [0.2, 0.25) is 0 Å². The number of hydrogen-bond acceptors (Lipinski definition) is 12. The molecule has 2 heterocycles. The summed E-state index contributed by atoms with van der Waals surface area (Å²) in [6, 6.07) is 11.5. The maximum atomic E-state index is 12.6. The topological polar surface area (TPSA) is 151 Å². The second-order valence-corrected chi connectivity index (χ2v) is 15.3. The van der Waals surface area contributed by atoms with E-state index in [0.29, 0.717) is 72.5 Å². The quantitative estimate of drug-likeness (QED) is 0.131. The Morgan fingerprint density at radius 2 is 1.55 bits per heavy atom. The Labute approximate surface area is 310 Å². The highest BCUT2D eigenvalue weighted by Crippen LogP contribution is 2.72. The molecule has 53 heavy (non-hydrogen) atoms. The zero-order chi connectivity index (χ0) is 38.1. The van der Waals surface area contributed by atoms with Crippen molar-refractivity contribution in [1.29, 1.82) is 0 Å². The molecule has 3 saturated carbocycles. The smallest absolute Gasteiger partial charge is 0.408 e. The first-order chi connectivity index (χ1) is 25.2. The van der Waals surface area contributed by atoms with E-state index >= 15 is 0 Å². The Balaban J connectivity index is 1.40. The van der Waals surface area contributed by atoms with Crippen LogP contribution in [0.5, 0.6) is 29.0 Å². The number of imidazole rings is 1. The molecule has 1 unspecified atom stereocenters. The molecule has 14 nitrogen and oxygen atoms in total. The number of ether oxygens (including phenoxy) is 6. The number of hydrogen-bond donors (Lipinski definition) is 2. The zero-order valence-electron chi connectivity index (χ0n) is 32.2. The third-order valence-electron chi connectivity index (χ3n) is 10.1. The average Bonchev–Trinajstić information content (AvgIpc) is 3.51. The lowest BCUT2D eigenvalue weighted by atomic mass is 9.37. The van der Waals surface area contributed by atoms with E-state index in [1.807, 2.05) is 64.1 Å². The Morgan fingerprint density at radius 1 is 0.962 bits per heavy atom. The van der Waals surface area contributed by atoms with Crippen LogP contribution >= 0.6 is 0 Å². The summed E-state index contributed by atoms with van der Waals surface area (Å²) in [5, 5.41) is 19.8. The first-order valence-electron chi connectivity index (χ1n) is 18.0. The molecule has 2 bridgehead atoms. The summed E-state index contributed by atoms with van der Waals surface area (Å²) in [4.78, 5) is 24.4. The molecule has 7 rings (SSSR count). The molecule has 0 aliphatic heterocycles. The monoisotopic (exact) mass is 732 g/mol. The third-order valence-corrected chi connectivity index (χ3v) is 10.1. The number of nitrogens with zero attached hydrogens (tertiary/aromatic N) is 5. The summed E-state index contributed by atoms with van der Waals surface area (Å²) in [5.74, 6) is 3.12. The number of amides is 1. The molecule has 14 heteroatoms. The van der Waals surface area contributed by atoms with Gasteiger partial charge in [0.15, 0.2) is 11.5 Å². The molecule has 1 amide bonds. The van der Waals surface area contributed by atoms with E-state index in [2.05, 4.69) is 17.1 Å². The van der Waals surface area contributed by atoms with Gasteiger partial charge in [-0.2, -0.15) is 4.98 Å². The number of aromatic nitrogens is 4. The van der Waals surface area contributed by atoms with E-state index in [0.717, 1.165) is 24.0 Å². The number of nitrogens with one attached hydrogen (secondary N) is 1. The first-order valence-corrected chi connectivity index (χ1v) is 18.0. The van der Waals surface area contributed by atoms with Gasteiger partial charge in [0.05, 0.1) is 46.4 Å². The summed E-state index contributed by atoms with van der Waals surface area (Å²) in [7, 11) is 6.48. The molecule has 3 aliphatic rings. The van der Waals surface area contributed by atoms with E-state index < -0.39 is 23.2 Å². The van der Waals surface area contributed by atoms with Gasteiger partial charge in [-0.1, -0.05) is 13.3 Å². The lowest BCUT2D eigenvalue weighted by Gasteiger charge is -2.71. The second-order valence-electron chi connectivity index (χ2n) is 15.3. The minimum atomic E-state index is -0.903. The van der Waals surface area contributed by atoms with E-state index in [9.17, 15) is 9.90 Å². The van der Waals surface area contributed by atoms with Crippen LogP contribution in [0.3, 0.4) is 0 Å². The van der Waals surface area contributed by atoms with Crippen molar-refractivity contribution in [3.8, 4) is 29.0 Å². The van der Waals surface area contributed by atoms with E-state index in [4.69, 9.17) is 43.5 Å². The molecule has 3 aliphatic carbocycles. The van der Waals surface area contributed by atoms with Crippen molar-refractivity contribution in [2.45, 2.75) is 103 Å². The normalized spacial score (nSPS) is 20.0. The Bertz CT molecular complexity index is 1860. The van der Waals surface area contributed by atoms with Crippen molar-refractivity contribution in [2.24, 2.45) is 5.41 Å². The summed E-state index contributed by atoms with van der Waals surface area (Å²) < 4.78 is 36.0. The number of carbonyl (C=O) groups excluding carboxylic acids is 1. The maximum Gasteiger partial charge on any atom is 0.408 e. The lowest BCUT2D eigenvalue weighted by Crippen LogP contribution is -2.76. The molecule has 3 fully saturated rings. The average molecular weight is 733 g/mol. The predicted octanol–water partition coefficient (Wildman–Crippen LogP) is 6.41. The van der Waals surface area contributed by atoms with Crippen molar-refractivity contribution >= 4 is 17.6 Å². The number of methoxy groups -OCH3 is 4. The van der Waals surface area contributed by atoms with Gasteiger partial charge < -0.3 is 43.7 Å². The highest BCUT2D eigenvalue weighted by molar-refractivity contribution is 5.70. The van der Waals surface area contributed by atoms with Crippen molar-refractivity contribution in [3.63, 3.8) is 0 Å². The number of fused-ring (bicyclic) bond motifs is 1. The number of rotatable bonds is 16. The van der Waals surface area contributed by atoms with E-state index in [1.165, 1.54) is 0 Å². The van der Waals surface area contributed by atoms with Gasteiger partial charge >= 0.3 is 12.1 Å². The van der Waals surface area contributed by atoms with Crippen LogP contribution in [0.25, 0.3) is 5.65 Å². The molecular weight excluding hydrogens is 680 g/mol. The van der Waals surface area contributed by atoms with Gasteiger partial charge in [0.25, 0.3) is 0 Å². The van der Waals surface area contributed by atoms with Gasteiger partial charge in [0.1, 0.15) is 34.7 Å². The van der Waals surface area contributed by atoms with Crippen molar-refractivity contribution in [2.75, 3.05) is 33.3 Å². The standard InChI is InChI=1S/C39H52N6O8/c1-10-11-24(2)52-35-41-34(33-40-18-29(45(33)43-35)32(46)38-21-39(22-38,23-38)42-36(47)53-37(3,4)5)44(19-25-12-14-27(48-6)16-30(25)50-8)20-26-13-15-28(49-7)17-31(26)51-9/h12-18,24,32,46H,10-11,19-23H2,1-9H3,(H,42,47)/t24-,32?,38?,39?/m0/s1. The molecule has 2 aromatic carbocycles. The second kappa shape index (κ2) is 14.8. The Morgan fingerprint density at radius 3 is 2.06 bits per heavy atom. The number of anilines is 1. The Kier molecular flexibility index (Phi) is 10.5. The summed E-state index contributed by atoms with van der Waals surface area (Å²) in [6.45, 7) is 10.3. The van der Waals surface area contributed by atoms with E-state index in [-0.39, 0.29) is 17.7 Å². The molecule has 286 valence electrons. The van der Waals surface area contributed by atoms with Gasteiger partial charge in [-0.15, -0.1) is 5.10 Å². The van der Waals surface area contributed by atoms with Crippen LogP contribution in [-0.4, -0.2) is 76.5 Å². The van der Waals surface area contributed by atoms with Crippen LogP contribution in [0.4, 0.5) is 10.6 Å². The van der Waals surface area contributed by atoms with Crippen molar-refractivity contribution in [3.05, 3.63) is 59.4 Å². The number of alkyl carbamates (subject to hydrolysis) is 1. The first kappa shape index (κ1) is 37.8. The van der Waals surface area contributed by atoms with Crippen LogP contribution in [0.15, 0.2) is 42.6 Å². The van der Waals surface area contributed by atoms with Gasteiger partial charge in [-0.05, 0) is 77.6 Å². The van der Waals surface area contributed by atoms with E-state index in [1.54, 1.807) is 39.2 Å². The van der Waals surface area contributed by atoms with Crippen LogP contribution in [0, 0.1) is 5.41 Å². The van der Waals surface area contributed by atoms with Crippen LogP contribution in [0.1, 0.15) is 89.6 Å². The highest BCUT2D eigenvalue weighted by Gasteiger charge is 2.72. The molecule has 2 atom stereocenters. The van der Waals surface area contributed by atoms with Crippen LogP contribution in [-0.2, 0) is 17.8 Å². The molecule has 0 spiro atoms. The van der Waals surface area contributed by atoms with Gasteiger partial charge in [-0.25, -0.2) is 14.3 Å². The minimum Gasteiger partial charge on any atom is -0.497 e. The van der Waals surface area contributed by atoms with Crippen LogP contribution < -0.4 is 33.9 Å². The minimum absolute atomic E-state index is 0.157. The molecule has 2 aromatic heterocycles. The Hall–Kier alpha value is -4.98. The number of carbonyl (C=O) groups is 1. The summed E-state index contributed by atoms with van der Waals surface area (Å²) in [5.41, 5.74) is 1.30. The number of aliphatic hydroxyl groups excluding tert-OH is 1. The van der Waals surface area contributed by atoms with Gasteiger partial charge in [0, 0.05) is 47.3 Å². The molecule has 0 radical (unpaired) electrons. The molecule has 0 saturated heterocycles. The molecule has 2 N–H and O–H groups in total. The largest absolute Gasteiger partial charge is 0.497 e. The number of benzene rings is 2. The van der Waals surface area contributed by atoms with Crippen molar-refractivity contribution in [1.82, 2.24) is 24.9 Å². The molecule has 4 aromatic rings. The number of aliphatic hydroxyl groups is 1. The molecular formula is C39H52N6O8. The predicted molar refractivity (Wildman–Crippen MR) is 198 cm³/mol. The lowest BCUT2D eigenvalue weighted by molar-refractivity contribution is -0.216. The summed E-state index contributed by atoms with van der Waals surface area (Å²) in [6.07, 6.45) is 3.73. The van der Waals surface area contributed by atoms with Gasteiger partial charge in [-0.3, -0.25) is 0 Å². The third kappa shape index (κ3) is 7.73. The fourth-order valence-electron chi connectivity index (χ4n) is 7.66. The van der Waals surface area contributed by atoms with Gasteiger partial charge in [0.2, 0.25) is 0 Å². The highest BCUT2D eigenvalue weighted by atomic mass is 16.6. The fraction of sp³-hybridized carbons (Fsp3) is 0.538. The van der Waals surface area contributed by atoms with Crippen molar-refractivity contribution < 1.29 is 38.3 Å².